The molecule has 0 spiro atoms. The molecule has 1 aromatic carbocycles. The lowest BCUT2D eigenvalue weighted by molar-refractivity contribution is 0.287. The van der Waals surface area contributed by atoms with Gasteiger partial charge in [0.2, 0.25) is 0 Å². The van der Waals surface area contributed by atoms with Crippen LogP contribution in [0.1, 0.15) is 30.5 Å². The summed E-state index contributed by atoms with van der Waals surface area (Å²) < 4.78 is 1.18. The first-order valence-corrected chi connectivity index (χ1v) is 5.48. The fraction of sp³-hybridized carbons (Fsp3) is 0.455. The highest BCUT2D eigenvalue weighted by atomic mass is 79.9. The van der Waals surface area contributed by atoms with Crippen LogP contribution in [0.3, 0.4) is 0 Å². The monoisotopic (exact) mass is 239 g/mol. The Labute approximate surface area is 87.7 Å². The van der Waals surface area contributed by atoms with Crippen molar-refractivity contribution in [1.82, 2.24) is 5.32 Å². The second-order valence-corrected chi connectivity index (χ2v) is 4.77. The first-order chi connectivity index (χ1) is 6.16. The van der Waals surface area contributed by atoms with Gasteiger partial charge in [0.1, 0.15) is 0 Å². The lowest BCUT2D eigenvalue weighted by Crippen LogP contribution is -2.43. The van der Waals surface area contributed by atoms with Crippen LogP contribution in [0.2, 0.25) is 0 Å². The minimum absolute atomic E-state index is 0.576. The summed E-state index contributed by atoms with van der Waals surface area (Å²) in [5.74, 6) is 0. The smallest absolute Gasteiger partial charge is 0.0340 e. The Bertz CT molecular complexity index is 316. The average molecular weight is 240 g/mol. The molecule has 2 heteroatoms. The highest BCUT2D eigenvalue weighted by Crippen LogP contribution is 2.31. The molecule has 2 rings (SSSR count). The molecular formula is C11H14BrN. The molecule has 0 amide bonds. The van der Waals surface area contributed by atoms with Crippen molar-refractivity contribution < 1.29 is 0 Å². The van der Waals surface area contributed by atoms with E-state index in [0.717, 1.165) is 0 Å². The summed E-state index contributed by atoms with van der Waals surface area (Å²) >= 11 is 3.51. The van der Waals surface area contributed by atoms with E-state index in [0.29, 0.717) is 12.1 Å². The van der Waals surface area contributed by atoms with Crippen LogP contribution in [0.25, 0.3) is 0 Å². The molecule has 1 aromatic rings. The highest BCUT2D eigenvalue weighted by molar-refractivity contribution is 9.10. The summed E-state index contributed by atoms with van der Waals surface area (Å²) in [4.78, 5) is 0. The van der Waals surface area contributed by atoms with E-state index in [1.54, 1.807) is 0 Å². The predicted octanol–water partition coefficient (Wildman–Crippen LogP) is 3.18. The zero-order valence-corrected chi connectivity index (χ0v) is 9.56. The molecule has 1 saturated heterocycles. The first kappa shape index (κ1) is 9.22. The minimum atomic E-state index is 0.576. The zero-order chi connectivity index (χ0) is 9.42. The van der Waals surface area contributed by atoms with E-state index < -0.39 is 0 Å². The Morgan fingerprint density at radius 1 is 1.46 bits per heavy atom. The third-order valence-electron chi connectivity index (χ3n) is 2.69. The van der Waals surface area contributed by atoms with Crippen LogP contribution in [0.5, 0.6) is 0 Å². The van der Waals surface area contributed by atoms with Crippen molar-refractivity contribution in [2.24, 2.45) is 0 Å². The average Bonchev–Trinajstić information content (AvgIpc) is 2.04. The van der Waals surface area contributed by atoms with Crippen LogP contribution >= 0.6 is 15.9 Å². The Hall–Kier alpha value is -0.340. The minimum Gasteiger partial charge on any atom is -0.307 e. The van der Waals surface area contributed by atoms with Gasteiger partial charge in [0.25, 0.3) is 0 Å². The SMILES string of the molecule is Cc1ccc(Br)cc1C1CC(C)N1. The van der Waals surface area contributed by atoms with Crippen molar-refractivity contribution in [1.29, 1.82) is 0 Å². The van der Waals surface area contributed by atoms with Gasteiger partial charge in [-0.2, -0.15) is 0 Å². The van der Waals surface area contributed by atoms with Gasteiger partial charge in [-0.25, -0.2) is 0 Å². The van der Waals surface area contributed by atoms with Crippen LogP contribution in [-0.4, -0.2) is 6.04 Å². The van der Waals surface area contributed by atoms with E-state index in [1.807, 2.05) is 0 Å². The normalized spacial score (nSPS) is 27.0. The van der Waals surface area contributed by atoms with Gasteiger partial charge in [-0.15, -0.1) is 0 Å². The van der Waals surface area contributed by atoms with Gasteiger partial charge in [-0.3, -0.25) is 0 Å². The van der Waals surface area contributed by atoms with E-state index in [-0.39, 0.29) is 0 Å². The number of halogens is 1. The van der Waals surface area contributed by atoms with Gasteiger partial charge in [-0.1, -0.05) is 22.0 Å². The maximum Gasteiger partial charge on any atom is 0.0340 e. The standard InChI is InChI=1S/C11H14BrN/c1-7-3-4-9(12)6-10(7)11-5-8(2)13-11/h3-4,6,8,11,13H,5H2,1-2H3. The number of rotatable bonds is 1. The molecule has 1 N–H and O–H groups in total. The number of benzene rings is 1. The molecule has 1 aliphatic heterocycles. The van der Waals surface area contributed by atoms with E-state index in [4.69, 9.17) is 0 Å². The molecule has 70 valence electrons. The summed E-state index contributed by atoms with van der Waals surface area (Å²) in [5, 5.41) is 3.51. The van der Waals surface area contributed by atoms with Crippen molar-refractivity contribution in [2.75, 3.05) is 0 Å². The van der Waals surface area contributed by atoms with Gasteiger partial charge >= 0.3 is 0 Å². The molecule has 2 unspecified atom stereocenters. The van der Waals surface area contributed by atoms with Gasteiger partial charge in [0, 0.05) is 16.6 Å². The summed E-state index contributed by atoms with van der Waals surface area (Å²) in [6, 6.07) is 7.75. The molecule has 13 heavy (non-hydrogen) atoms. The summed E-state index contributed by atoms with van der Waals surface area (Å²) in [5.41, 5.74) is 2.82. The summed E-state index contributed by atoms with van der Waals surface area (Å²) in [6.07, 6.45) is 1.26. The molecule has 1 nitrogen and oxygen atoms in total. The Balaban J connectivity index is 2.24. The lowest BCUT2D eigenvalue weighted by atomic mass is 9.89. The fourth-order valence-electron chi connectivity index (χ4n) is 1.88. The first-order valence-electron chi connectivity index (χ1n) is 4.69. The Kier molecular flexibility index (Phi) is 2.43. The van der Waals surface area contributed by atoms with Gasteiger partial charge in [0.05, 0.1) is 0 Å². The Morgan fingerprint density at radius 3 is 2.77 bits per heavy atom. The third kappa shape index (κ3) is 1.79. The van der Waals surface area contributed by atoms with E-state index in [2.05, 4.69) is 53.3 Å². The van der Waals surface area contributed by atoms with Crippen LogP contribution in [0, 0.1) is 6.92 Å². The topological polar surface area (TPSA) is 12.0 Å². The molecule has 0 bridgehead atoms. The lowest BCUT2D eigenvalue weighted by Gasteiger charge is -2.36. The maximum absolute atomic E-state index is 3.51. The predicted molar refractivity (Wildman–Crippen MR) is 58.8 cm³/mol. The van der Waals surface area contributed by atoms with Crippen molar-refractivity contribution in [3.05, 3.63) is 33.8 Å². The Morgan fingerprint density at radius 2 is 2.15 bits per heavy atom. The maximum atomic E-state index is 3.51. The molecular weight excluding hydrogens is 226 g/mol. The van der Waals surface area contributed by atoms with Gasteiger partial charge in [0.15, 0.2) is 0 Å². The quantitative estimate of drug-likeness (QED) is 0.794. The molecule has 1 fully saturated rings. The molecule has 1 heterocycles. The molecule has 1 aliphatic rings. The summed E-state index contributed by atoms with van der Waals surface area (Å²) in [7, 11) is 0. The van der Waals surface area contributed by atoms with Crippen LogP contribution in [0.15, 0.2) is 22.7 Å². The largest absolute Gasteiger partial charge is 0.307 e. The summed E-state index contributed by atoms with van der Waals surface area (Å²) in [6.45, 7) is 4.40. The number of aryl methyl sites for hydroxylation is 1. The molecule has 0 aliphatic carbocycles. The zero-order valence-electron chi connectivity index (χ0n) is 7.97. The van der Waals surface area contributed by atoms with Gasteiger partial charge < -0.3 is 5.32 Å². The van der Waals surface area contributed by atoms with Gasteiger partial charge in [-0.05, 0) is 43.5 Å². The van der Waals surface area contributed by atoms with E-state index >= 15 is 0 Å². The molecule has 0 saturated carbocycles. The van der Waals surface area contributed by atoms with Crippen molar-refractivity contribution in [3.63, 3.8) is 0 Å². The van der Waals surface area contributed by atoms with Crippen LogP contribution in [-0.2, 0) is 0 Å². The number of hydrogen-bond donors (Lipinski definition) is 1. The van der Waals surface area contributed by atoms with Crippen LogP contribution in [0.4, 0.5) is 0 Å². The highest BCUT2D eigenvalue weighted by Gasteiger charge is 2.26. The fourth-order valence-corrected chi connectivity index (χ4v) is 2.25. The van der Waals surface area contributed by atoms with Crippen molar-refractivity contribution in [3.8, 4) is 0 Å². The second-order valence-electron chi connectivity index (χ2n) is 3.86. The number of nitrogens with one attached hydrogen (secondary N) is 1. The third-order valence-corrected chi connectivity index (χ3v) is 3.18. The molecule has 0 radical (unpaired) electrons. The van der Waals surface area contributed by atoms with E-state index in [9.17, 15) is 0 Å². The van der Waals surface area contributed by atoms with Crippen molar-refractivity contribution >= 4 is 15.9 Å². The van der Waals surface area contributed by atoms with E-state index in [1.165, 1.54) is 22.0 Å². The number of hydrogen-bond acceptors (Lipinski definition) is 1. The van der Waals surface area contributed by atoms with Crippen LogP contribution < -0.4 is 5.32 Å². The second kappa shape index (κ2) is 3.43. The van der Waals surface area contributed by atoms with Crippen molar-refractivity contribution in [2.45, 2.75) is 32.4 Å². The molecule has 0 aromatic heterocycles. The molecule has 2 atom stereocenters.